The molecule has 2 rings (SSSR count). The Morgan fingerprint density at radius 3 is 2.73 bits per heavy atom. The molecule has 0 aliphatic heterocycles. The van der Waals surface area contributed by atoms with Crippen molar-refractivity contribution >= 4 is 17.5 Å². The number of phenolic OH excluding ortho intramolecular Hbond substituents is 1. The number of aryl methyl sites for hydroxylation is 1. The quantitative estimate of drug-likeness (QED) is 0.305. The Bertz CT molecular complexity index is 827. The van der Waals surface area contributed by atoms with Crippen LogP contribution in [0.25, 0.3) is 6.08 Å². The number of nitro groups is 1. The van der Waals surface area contributed by atoms with Gasteiger partial charge < -0.3 is 9.52 Å². The Hall–Kier alpha value is -3.40. The molecular formula is C15H10N2O5. The van der Waals surface area contributed by atoms with E-state index >= 15 is 0 Å². The first kappa shape index (κ1) is 15.0. The van der Waals surface area contributed by atoms with Crippen molar-refractivity contribution in [1.82, 2.24) is 0 Å². The molecule has 0 bridgehead atoms. The van der Waals surface area contributed by atoms with Crippen LogP contribution in [0.4, 0.5) is 5.69 Å². The summed E-state index contributed by atoms with van der Waals surface area (Å²) in [5.41, 5.74) is -0.181. The van der Waals surface area contributed by atoms with Crippen LogP contribution in [0.2, 0.25) is 0 Å². The van der Waals surface area contributed by atoms with Crippen molar-refractivity contribution in [1.29, 1.82) is 5.26 Å². The molecule has 2 aromatic rings. The highest BCUT2D eigenvalue weighted by atomic mass is 16.6. The van der Waals surface area contributed by atoms with E-state index in [2.05, 4.69) is 0 Å². The predicted octanol–water partition coefficient (Wildman–Crippen LogP) is 2.99. The lowest BCUT2D eigenvalue weighted by Crippen LogP contribution is -2.02. The zero-order chi connectivity index (χ0) is 16.3. The molecule has 7 heteroatoms. The summed E-state index contributed by atoms with van der Waals surface area (Å²) >= 11 is 0. The molecule has 1 aromatic carbocycles. The standard InChI is InChI=1S/C15H10N2O5/c1-9-12(4-5-22-9)15(19)11(8-16)6-10-2-3-14(18)13(7-10)17(20)21/h2-7,18H,1H3/b11-6+. The van der Waals surface area contributed by atoms with Gasteiger partial charge in [-0.2, -0.15) is 5.26 Å². The largest absolute Gasteiger partial charge is 0.502 e. The Balaban J connectivity index is 2.44. The van der Waals surface area contributed by atoms with Crippen LogP contribution in [0.5, 0.6) is 5.75 Å². The van der Waals surface area contributed by atoms with Crippen molar-refractivity contribution in [2.45, 2.75) is 6.92 Å². The van der Waals surface area contributed by atoms with Crippen LogP contribution in [0, 0.1) is 28.4 Å². The minimum atomic E-state index is -0.749. The summed E-state index contributed by atoms with van der Waals surface area (Å²) < 4.78 is 5.02. The number of nitro benzene ring substituents is 1. The van der Waals surface area contributed by atoms with Gasteiger partial charge in [0.05, 0.1) is 16.7 Å². The number of hydrogen-bond acceptors (Lipinski definition) is 6. The number of allylic oxidation sites excluding steroid dienone is 1. The molecule has 1 N–H and O–H groups in total. The average molecular weight is 298 g/mol. The molecule has 110 valence electrons. The van der Waals surface area contributed by atoms with Crippen molar-refractivity contribution in [2.75, 3.05) is 0 Å². The Morgan fingerprint density at radius 2 is 2.18 bits per heavy atom. The monoisotopic (exact) mass is 298 g/mol. The third kappa shape index (κ3) is 2.86. The lowest BCUT2D eigenvalue weighted by atomic mass is 10.0. The summed E-state index contributed by atoms with van der Waals surface area (Å²) in [6.07, 6.45) is 2.56. The minimum absolute atomic E-state index is 0.190. The van der Waals surface area contributed by atoms with Gasteiger partial charge >= 0.3 is 5.69 Å². The number of hydrogen-bond donors (Lipinski definition) is 1. The summed E-state index contributed by atoms with van der Waals surface area (Å²) in [7, 11) is 0. The fourth-order valence-electron chi connectivity index (χ4n) is 1.86. The second-order valence-electron chi connectivity index (χ2n) is 4.39. The lowest BCUT2D eigenvalue weighted by molar-refractivity contribution is -0.385. The first-order valence-electron chi connectivity index (χ1n) is 6.12. The van der Waals surface area contributed by atoms with Crippen LogP contribution in [0.3, 0.4) is 0 Å². The number of nitriles is 1. The molecule has 1 aromatic heterocycles. The van der Waals surface area contributed by atoms with E-state index in [9.17, 15) is 20.0 Å². The lowest BCUT2D eigenvalue weighted by Gasteiger charge is -2.00. The van der Waals surface area contributed by atoms with Crippen molar-refractivity contribution in [3.8, 4) is 11.8 Å². The molecule has 0 saturated carbocycles. The van der Waals surface area contributed by atoms with E-state index in [-0.39, 0.29) is 16.7 Å². The zero-order valence-corrected chi connectivity index (χ0v) is 11.4. The molecule has 0 fully saturated rings. The van der Waals surface area contributed by atoms with Gasteiger partial charge in [-0.15, -0.1) is 0 Å². The maximum atomic E-state index is 12.2. The molecule has 0 aliphatic carbocycles. The summed E-state index contributed by atoms with van der Waals surface area (Å²) in [5, 5.41) is 29.3. The van der Waals surface area contributed by atoms with Crippen molar-refractivity contribution in [3.63, 3.8) is 0 Å². The van der Waals surface area contributed by atoms with E-state index < -0.39 is 22.1 Å². The highest BCUT2D eigenvalue weighted by Crippen LogP contribution is 2.27. The molecule has 0 radical (unpaired) electrons. The number of furan rings is 1. The Labute approximate surface area is 124 Å². The Kier molecular flexibility index (Phi) is 4.04. The topological polar surface area (TPSA) is 117 Å². The van der Waals surface area contributed by atoms with Gasteiger partial charge in [-0.1, -0.05) is 6.07 Å². The van der Waals surface area contributed by atoms with Crippen LogP contribution in [0.1, 0.15) is 21.7 Å². The van der Waals surface area contributed by atoms with E-state index in [1.807, 2.05) is 0 Å². The molecule has 0 saturated heterocycles. The van der Waals surface area contributed by atoms with E-state index in [4.69, 9.17) is 9.68 Å². The number of aromatic hydroxyl groups is 1. The van der Waals surface area contributed by atoms with Gasteiger partial charge in [-0.25, -0.2) is 0 Å². The van der Waals surface area contributed by atoms with Gasteiger partial charge in [-0.05, 0) is 30.7 Å². The molecule has 0 aliphatic rings. The number of ketones is 1. The minimum Gasteiger partial charge on any atom is -0.502 e. The number of rotatable bonds is 4. The fraction of sp³-hybridized carbons (Fsp3) is 0.0667. The van der Waals surface area contributed by atoms with Crippen molar-refractivity contribution in [3.05, 3.63) is 63.1 Å². The van der Waals surface area contributed by atoms with E-state index in [1.54, 1.807) is 13.0 Å². The van der Waals surface area contributed by atoms with Crippen LogP contribution in [0.15, 0.2) is 40.5 Å². The van der Waals surface area contributed by atoms with E-state index in [1.165, 1.54) is 24.5 Å². The highest BCUT2D eigenvalue weighted by Gasteiger charge is 2.18. The van der Waals surface area contributed by atoms with Gasteiger partial charge in [-0.3, -0.25) is 14.9 Å². The molecule has 0 amide bonds. The average Bonchev–Trinajstić information content (AvgIpc) is 2.91. The van der Waals surface area contributed by atoms with Crippen LogP contribution >= 0.6 is 0 Å². The van der Waals surface area contributed by atoms with E-state index in [0.29, 0.717) is 5.76 Å². The second-order valence-corrected chi connectivity index (χ2v) is 4.39. The van der Waals surface area contributed by atoms with E-state index in [0.717, 1.165) is 12.1 Å². The third-order valence-electron chi connectivity index (χ3n) is 2.98. The number of phenols is 1. The molecule has 1 heterocycles. The van der Waals surface area contributed by atoms with Gasteiger partial charge in [0.25, 0.3) is 0 Å². The summed E-state index contributed by atoms with van der Waals surface area (Å²) in [6.45, 7) is 1.59. The SMILES string of the molecule is Cc1occc1C(=O)/C(C#N)=C/c1ccc(O)c([N+](=O)[O-])c1. The van der Waals surface area contributed by atoms with Gasteiger partial charge in [0, 0.05) is 6.07 Å². The smallest absolute Gasteiger partial charge is 0.311 e. The zero-order valence-electron chi connectivity index (χ0n) is 11.4. The highest BCUT2D eigenvalue weighted by molar-refractivity contribution is 6.14. The summed E-state index contributed by atoms with van der Waals surface area (Å²) in [4.78, 5) is 22.2. The van der Waals surface area contributed by atoms with Crippen LogP contribution in [-0.2, 0) is 0 Å². The first-order valence-corrected chi connectivity index (χ1v) is 6.12. The summed E-state index contributed by atoms with van der Waals surface area (Å²) in [5.74, 6) is -0.648. The Morgan fingerprint density at radius 1 is 1.45 bits per heavy atom. The predicted molar refractivity (Wildman–Crippen MR) is 76.1 cm³/mol. The number of carbonyl (C=O) groups excluding carboxylic acids is 1. The van der Waals surface area contributed by atoms with Crippen molar-refractivity contribution < 1.29 is 19.2 Å². The maximum absolute atomic E-state index is 12.2. The third-order valence-corrected chi connectivity index (χ3v) is 2.98. The number of Topliss-reactive ketones (excluding diaryl/α,β-unsaturated/α-hetero) is 1. The van der Waals surface area contributed by atoms with Gasteiger partial charge in [0.1, 0.15) is 17.4 Å². The van der Waals surface area contributed by atoms with Crippen LogP contribution in [-0.4, -0.2) is 15.8 Å². The van der Waals surface area contributed by atoms with Crippen LogP contribution < -0.4 is 0 Å². The number of nitrogens with zero attached hydrogens (tertiary/aromatic N) is 2. The molecule has 22 heavy (non-hydrogen) atoms. The molecule has 0 spiro atoms. The molecular weight excluding hydrogens is 288 g/mol. The van der Waals surface area contributed by atoms with Gasteiger partial charge in [0.15, 0.2) is 5.75 Å². The fourth-order valence-corrected chi connectivity index (χ4v) is 1.86. The second kappa shape index (κ2) is 5.93. The van der Waals surface area contributed by atoms with Crippen molar-refractivity contribution in [2.24, 2.45) is 0 Å². The molecule has 0 unspecified atom stereocenters. The summed E-state index contributed by atoms with van der Waals surface area (Å²) in [6, 6.07) is 6.80. The normalized spacial score (nSPS) is 11.0. The number of benzene rings is 1. The first-order chi connectivity index (χ1) is 10.4. The van der Waals surface area contributed by atoms with Gasteiger partial charge in [0.2, 0.25) is 5.78 Å². The number of carbonyl (C=O) groups is 1. The molecule has 0 atom stereocenters. The molecule has 7 nitrogen and oxygen atoms in total. The maximum Gasteiger partial charge on any atom is 0.311 e.